The van der Waals surface area contributed by atoms with Gasteiger partial charge in [0.15, 0.2) is 0 Å². The predicted octanol–water partition coefficient (Wildman–Crippen LogP) is 2.16. The van der Waals surface area contributed by atoms with Crippen molar-refractivity contribution >= 4 is 11.3 Å². The van der Waals surface area contributed by atoms with E-state index in [9.17, 15) is 0 Å². The zero-order chi connectivity index (χ0) is 16.2. The maximum atomic E-state index is 5.83. The van der Waals surface area contributed by atoms with Gasteiger partial charge >= 0.3 is 0 Å². The van der Waals surface area contributed by atoms with E-state index in [2.05, 4.69) is 26.2 Å². The maximum absolute atomic E-state index is 5.83. The van der Waals surface area contributed by atoms with Crippen LogP contribution in [-0.4, -0.2) is 38.3 Å². The molecule has 1 N–H and O–H groups in total. The molecule has 0 radical (unpaired) electrons. The number of benzene rings is 1. The largest absolute Gasteiger partial charge is 0.487 e. The van der Waals surface area contributed by atoms with Crippen LogP contribution in [0.1, 0.15) is 29.5 Å². The average molecular weight is 342 g/mol. The second-order valence-electron chi connectivity index (χ2n) is 5.76. The Hall–Kier alpha value is -2.32. The van der Waals surface area contributed by atoms with Crippen molar-refractivity contribution in [1.29, 1.82) is 0 Å². The van der Waals surface area contributed by atoms with Crippen LogP contribution in [0.5, 0.6) is 5.75 Å². The molecule has 8 heteroatoms. The number of nitrogens with one attached hydrogen (secondary N) is 1. The minimum absolute atomic E-state index is 0.487. The summed E-state index contributed by atoms with van der Waals surface area (Å²) in [6.45, 7) is 2.64. The molecule has 0 amide bonds. The zero-order valence-corrected chi connectivity index (χ0v) is 13.9. The fourth-order valence-corrected chi connectivity index (χ4v) is 3.71. The van der Waals surface area contributed by atoms with Crippen molar-refractivity contribution in [2.45, 2.75) is 25.4 Å². The topological polar surface area (TPSA) is 77.8 Å². The second kappa shape index (κ2) is 7.06. The molecule has 3 heterocycles. The third kappa shape index (κ3) is 3.44. The zero-order valence-electron chi connectivity index (χ0n) is 13.1. The van der Waals surface area contributed by atoms with Crippen molar-refractivity contribution in [3.63, 3.8) is 0 Å². The summed E-state index contributed by atoms with van der Waals surface area (Å²) in [6.07, 6.45) is 4.01. The molecule has 1 aliphatic heterocycles. The normalized spacial score (nSPS) is 17.8. The first kappa shape index (κ1) is 15.2. The van der Waals surface area contributed by atoms with Crippen molar-refractivity contribution in [1.82, 2.24) is 30.5 Å². The number of hydrogen-bond acceptors (Lipinski definition) is 7. The van der Waals surface area contributed by atoms with Crippen molar-refractivity contribution in [3.05, 3.63) is 46.7 Å². The summed E-state index contributed by atoms with van der Waals surface area (Å²) in [7, 11) is 0. The Labute approximate surface area is 143 Å². The molecule has 124 valence electrons. The Kier molecular flexibility index (Phi) is 4.48. The lowest BCUT2D eigenvalue weighted by Gasteiger charge is -2.20. The molecule has 1 unspecified atom stereocenters. The van der Waals surface area contributed by atoms with E-state index < -0.39 is 0 Å². The van der Waals surface area contributed by atoms with E-state index in [1.165, 1.54) is 17.8 Å². The highest BCUT2D eigenvalue weighted by atomic mass is 32.1. The maximum Gasteiger partial charge on any atom is 0.143 e. The quantitative estimate of drug-likeness (QED) is 0.766. The van der Waals surface area contributed by atoms with Crippen LogP contribution in [0.4, 0.5) is 0 Å². The van der Waals surface area contributed by atoms with E-state index >= 15 is 0 Å². The van der Waals surface area contributed by atoms with Crippen molar-refractivity contribution in [2.24, 2.45) is 0 Å². The molecule has 0 spiro atoms. The Morgan fingerprint density at radius 1 is 1.29 bits per heavy atom. The standard InChI is InChI=1S/C16H18N6OS/c1-2-12(8-17-7-1)16-19-13(10-24-16)9-23-15-5-3-14(4-6-15)22-11-18-20-21-22/h3-6,10-12,17H,1-2,7-9H2. The van der Waals surface area contributed by atoms with E-state index in [1.54, 1.807) is 22.3 Å². The lowest BCUT2D eigenvalue weighted by atomic mass is 10.0. The first-order valence-corrected chi connectivity index (χ1v) is 8.88. The van der Waals surface area contributed by atoms with Gasteiger partial charge in [0.1, 0.15) is 18.7 Å². The molecule has 7 nitrogen and oxygen atoms in total. The van der Waals surface area contributed by atoms with Gasteiger partial charge < -0.3 is 10.1 Å². The van der Waals surface area contributed by atoms with Crippen LogP contribution < -0.4 is 10.1 Å². The lowest BCUT2D eigenvalue weighted by molar-refractivity contribution is 0.301. The van der Waals surface area contributed by atoms with Crippen LogP contribution in [-0.2, 0) is 6.61 Å². The molecular formula is C16H18N6OS. The van der Waals surface area contributed by atoms with E-state index in [-0.39, 0.29) is 0 Å². The Morgan fingerprint density at radius 2 is 2.21 bits per heavy atom. The molecule has 0 saturated carbocycles. The fourth-order valence-electron chi connectivity index (χ4n) is 2.77. The van der Waals surface area contributed by atoms with Gasteiger partial charge in [-0.15, -0.1) is 16.4 Å². The number of nitrogens with zero attached hydrogens (tertiary/aromatic N) is 5. The van der Waals surface area contributed by atoms with Gasteiger partial charge in [0, 0.05) is 17.8 Å². The summed E-state index contributed by atoms with van der Waals surface area (Å²) in [6, 6.07) is 7.67. The van der Waals surface area contributed by atoms with E-state index in [0.29, 0.717) is 12.5 Å². The van der Waals surface area contributed by atoms with Crippen molar-refractivity contribution < 1.29 is 4.74 Å². The monoisotopic (exact) mass is 342 g/mol. The third-order valence-electron chi connectivity index (χ3n) is 4.05. The summed E-state index contributed by atoms with van der Waals surface area (Å²) in [4.78, 5) is 4.73. The van der Waals surface area contributed by atoms with Gasteiger partial charge in [-0.1, -0.05) is 0 Å². The Bertz CT molecular complexity index is 764. The first-order valence-electron chi connectivity index (χ1n) is 8.00. The lowest BCUT2D eigenvalue weighted by Crippen LogP contribution is -2.28. The Balaban J connectivity index is 1.36. The molecule has 1 saturated heterocycles. The summed E-state index contributed by atoms with van der Waals surface area (Å²) < 4.78 is 7.44. The highest BCUT2D eigenvalue weighted by molar-refractivity contribution is 7.09. The molecule has 0 aliphatic carbocycles. The van der Waals surface area contributed by atoms with Gasteiger partial charge in [-0.3, -0.25) is 0 Å². The van der Waals surface area contributed by atoms with E-state index in [1.807, 2.05) is 24.3 Å². The summed E-state index contributed by atoms with van der Waals surface area (Å²) >= 11 is 1.74. The number of aromatic nitrogens is 5. The molecule has 0 bridgehead atoms. The number of hydrogen-bond donors (Lipinski definition) is 1. The number of tetrazole rings is 1. The molecule has 3 aromatic rings. The molecule has 2 aromatic heterocycles. The summed E-state index contributed by atoms with van der Waals surface area (Å²) in [5, 5.41) is 17.9. The van der Waals surface area contributed by atoms with Gasteiger partial charge in [0.05, 0.1) is 16.4 Å². The molecule has 24 heavy (non-hydrogen) atoms. The number of rotatable bonds is 5. The highest BCUT2D eigenvalue weighted by Gasteiger charge is 2.18. The second-order valence-corrected chi connectivity index (χ2v) is 6.65. The molecule has 1 atom stereocenters. The number of ether oxygens (including phenoxy) is 1. The predicted molar refractivity (Wildman–Crippen MR) is 90.4 cm³/mol. The minimum atomic E-state index is 0.487. The summed E-state index contributed by atoms with van der Waals surface area (Å²) in [5.74, 6) is 1.36. The smallest absolute Gasteiger partial charge is 0.143 e. The van der Waals surface area contributed by atoms with Crippen LogP contribution in [0, 0.1) is 0 Å². The SMILES string of the molecule is c1cc(-n2cnnn2)ccc1OCc1csc(C2CCCNC2)n1. The number of thiazole rings is 1. The van der Waals surface area contributed by atoms with Crippen molar-refractivity contribution in [3.8, 4) is 11.4 Å². The van der Waals surface area contributed by atoms with Crippen LogP contribution in [0.3, 0.4) is 0 Å². The fraction of sp³-hybridized carbons (Fsp3) is 0.375. The molecule has 1 aromatic carbocycles. The summed E-state index contributed by atoms with van der Waals surface area (Å²) in [5.41, 5.74) is 1.89. The first-order chi connectivity index (χ1) is 11.9. The Morgan fingerprint density at radius 3 is 2.96 bits per heavy atom. The minimum Gasteiger partial charge on any atom is -0.487 e. The van der Waals surface area contributed by atoms with Crippen LogP contribution in [0.2, 0.25) is 0 Å². The van der Waals surface area contributed by atoms with Crippen LogP contribution >= 0.6 is 11.3 Å². The van der Waals surface area contributed by atoms with Gasteiger partial charge in [0.25, 0.3) is 0 Å². The van der Waals surface area contributed by atoms with Crippen LogP contribution in [0.15, 0.2) is 36.0 Å². The van der Waals surface area contributed by atoms with E-state index in [0.717, 1.165) is 30.2 Å². The van der Waals surface area contributed by atoms with Gasteiger partial charge in [-0.25, -0.2) is 9.67 Å². The molecule has 1 aliphatic rings. The number of piperidine rings is 1. The van der Waals surface area contributed by atoms with Gasteiger partial charge in [-0.05, 0) is 54.1 Å². The van der Waals surface area contributed by atoms with Crippen LogP contribution in [0.25, 0.3) is 5.69 Å². The average Bonchev–Trinajstić information content (AvgIpc) is 3.33. The third-order valence-corrected chi connectivity index (χ3v) is 5.11. The molecular weight excluding hydrogens is 324 g/mol. The molecule has 1 fully saturated rings. The van der Waals surface area contributed by atoms with Gasteiger partial charge in [-0.2, -0.15) is 0 Å². The highest BCUT2D eigenvalue weighted by Crippen LogP contribution is 2.26. The van der Waals surface area contributed by atoms with Crippen molar-refractivity contribution in [2.75, 3.05) is 13.1 Å². The van der Waals surface area contributed by atoms with Gasteiger partial charge in [0.2, 0.25) is 0 Å². The molecule has 4 rings (SSSR count). The van der Waals surface area contributed by atoms with E-state index in [4.69, 9.17) is 9.72 Å².